The van der Waals surface area contributed by atoms with Crippen LogP contribution in [0.5, 0.6) is 0 Å². The van der Waals surface area contributed by atoms with E-state index in [2.05, 4.69) is 22.1 Å². The van der Waals surface area contributed by atoms with E-state index in [0.29, 0.717) is 0 Å². The highest BCUT2D eigenvalue weighted by Gasteiger charge is 2.20. The van der Waals surface area contributed by atoms with Crippen LogP contribution < -0.4 is 5.32 Å². The van der Waals surface area contributed by atoms with Gasteiger partial charge in [0, 0.05) is 64.5 Å². The minimum atomic E-state index is 0. The van der Waals surface area contributed by atoms with Gasteiger partial charge in [0.15, 0.2) is 5.96 Å². The van der Waals surface area contributed by atoms with Crippen LogP contribution in [0.15, 0.2) is 29.4 Å². The van der Waals surface area contributed by atoms with Crippen molar-refractivity contribution in [3.63, 3.8) is 0 Å². The average Bonchev–Trinajstić information content (AvgIpc) is 2.61. The van der Waals surface area contributed by atoms with Gasteiger partial charge >= 0.3 is 0 Å². The molecule has 0 aliphatic carbocycles. The fourth-order valence-electron chi connectivity index (χ4n) is 2.69. The SMILES string of the molecule is CCCCN=C(NCCc1ccccn1)N1CCN(C(C)=O)CC1.I. The maximum absolute atomic E-state index is 11.5. The maximum Gasteiger partial charge on any atom is 0.219 e. The van der Waals surface area contributed by atoms with Gasteiger partial charge in [-0.15, -0.1) is 24.0 Å². The number of guanidine groups is 1. The zero-order chi connectivity index (χ0) is 17.2. The Morgan fingerprint density at radius 3 is 2.56 bits per heavy atom. The second kappa shape index (κ2) is 12.1. The fourth-order valence-corrected chi connectivity index (χ4v) is 2.69. The molecule has 2 rings (SSSR count). The van der Waals surface area contributed by atoms with Gasteiger partial charge in [-0.1, -0.05) is 19.4 Å². The van der Waals surface area contributed by atoms with E-state index in [-0.39, 0.29) is 29.9 Å². The molecule has 0 radical (unpaired) electrons. The van der Waals surface area contributed by atoms with Crippen LogP contribution in [0.25, 0.3) is 0 Å². The number of carbonyl (C=O) groups excluding carboxylic acids is 1. The summed E-state index contributed by atoms with van der Waals surface area (Å²) in [6, 6.07) is 5.99. The number of halogens is 1. The third-order valence-electron chi connectivity index (χ3n) is 4.19. The molecule has 1 amide bonds. The molecule has 2 heterocycles. The first kappa shape index (κ1) is 21.7. The number of nitrogens with one attached hydrogen (secondary N) is 1. The van der Waals surface area contributed by atoms with Crippen LogP contribution in [0, 0.1) is 0 Å². The third-order valence-corrected chi connectivity index (χ3v) is 4.19. The molecule has 140 valence electrons. The number of amides is 1. The Kier molecular flexibility index (Phi) is 10.4. The van der Waals surface area contributed by atoms with E-state index in [1.807, 2.05) is 29.3 Å². The summed E-state index contributed by atoms with van der Waals surface area (Å²) in [5, 5.41) is 3.47. The largest absolute Gasteiger partial charge is 0.356 e. The summed E-state index contributed by atoms with van der Waals surface area (Å²) in [7, 11) is 0. The van der Waals surface area contributed by atoms with Crippen molar-refractivity contribution in [2.24, 2.45) is 4.99 Å². The lowest BCUT2D eigenvalue weighted by atomic mass is 10.2. The van der Waals surface area contributed by atoms with Crippen LogP contribution in [-0.2, 0) is 11.2 Å². The van der Waals surface area contributed by atoms with Crippen molar-refractivity contribution in [3.05, 3.63) is 30.1 Å². The Bertz CT molecular complexity index is 530. The van der Waals surface area contributed by atoms with Gasteiger partial charge in [0.2, 0.25) is 5.91 Å². The van der Waals surface area contributed by atoms with E-state index in [4.69, 9.17) is 4.99 Å². The van der Waals surface area contributed by atoms with Crippen molar-refractivity contribution in [3.8, 4) is 0 Å². The second-order valence-electron chi connectivity index (χ2n) is 6.05. The van der Waals surface area contributed by atoms with Crippen molar-refractivity contribution < 1.29 is 4.79 Å². The molecule has 1 N–H and O–H groups in total. The van der Waals surface area contributed by atoms with Gasteiger partial charge in [-0.3, -0.25) is 14.8 Å². The Hall–Kier alpha value is -1.38. The van der Waals surface area contributed by atoms with Gasteiger partial charge < -0.3 is 15.1 Å². The normalized spacial score (nSPS) is 14.9. The number of nitrogens with zero attached hydrogens (tertiary/aromatic N) is 4. The van der Waals surface area contributed by atoms with Gasteiger partial charge in [0.25, 0.3) is 0 Å². The van der Waals surface area contributed by atoms with E-state index in [1.54, 1.807) is 6.92 Å². The third kappa shape index (κ3) is 7.58. The zero-order valence-corrected chi connectivity index (χ0v) is 17.6. The smallest absolute Gasteiger partial charge is 0.219 e. The van der Waals surface area contributed by atoms with Crippen LogP contribution >= 0.6 is 24.0 Å². The molecule has 0 bridgehead atoms. The Morgan fingerprint density at radius 2 is 1.96 bits per heavy atom. The summed E-state index contributed by atoms with van der Waals surface area (Å²) in [6.07, 6.45) is 4.94. The highest BCUT2D eigenvalue weighted by molar-refractivity contribution is 14.0. The lowest BCUT2D eigenvalue weighted by molar-refractivity contribution is -0.130. The molecular weight excluding hydrogens is 429 g/mol. The molecule has 1 saturated heterocycles. The highest BCUT2D eigenvalue weighted by Crippen LogP contribution is 2.03. The fraction of sp³-hybridized carbons (Fsp3) is 0.611. The first-order valence-electron chi connectivity index (χ1n) is 8.89. The van der Waals surface area contributed by atoms with Crippen molar-refractivity contribution in [1.82, 2.24) is 20.1 Å². The first-order valence-corrected chi connectivity index (χ1v) is 8.89. The number of pyridine rings is 1. The highest BCUT2D eigenvalue weighted by atomic mass is 127. The van der Waals surface area contributed by atoms with Gasteiger partial charge in [-0.05, 0) is 18.6 Å². The molecule has 1 fully saturated rings. The molecular formula is C18H30IN5O. The summed E-state index contributed by atoms with van der Waals surface area (Å²) in [4.78, 5) is 24.7. The van der Waals surface area contributed by atoms with E-state index < -0.39 is 0 Å². The average molecular weight is 459 g/mol. The standard InChI is InChI=1S/C18H29N5O.HI/c1-3-4-9-20-18(21-11-8-17-7-5-6-10-19-17)23-14-12-22(13-15-23)16(2)24;/h5-7,10H,3-4,8-9,11-15H2,1-2H3,(H,20,21);1H. The molecule has 0 saturated carbocycles. The van der Waals surface area contributed by atoms with Crippen LogP contribution in [-0.4, -0.2) is 65.9 Å². The Morgan fingerprint density at radius 1 is 1.24 bits per heavy atom. The molecule has 25 heavy (non-hydrogen) atoms. The van der Waals surface area contributed by atoms with Crippen LogP contribution in [0.3, 0.4) is 0 Å². The first-order chi connectivity index (χ1) is 11.7. The molecule has 1 aliphatic heterocycles. The molecule has 0 unspecified atom stereocenters. The summed E-state index contributed by atoms with van der Waals surface area (Å²) in [5.41, 5.74) is 1.08. The quantitative estimate of drug-likeness (QED) is 0.307. The number of hydrogen-bond donors (Lipinski definition) is 1. The maximum atomic E-state index is 11.5. The van der Waals surface area contributed by atoms with Crippen LogP contribution in [0.4, 0.5) is 0 Å². The number of aliphatic imine (C=N–C) groups is 1. The molecule has 0 spiro atoms. The summed E-state index contributed by atoms with van der Waals surface area (Å²) in [5.74, 6) is 1.12. The number of carbonyl (C=O) groups is 1. The van der Waals surface area contributed by atoms with Crippen molar-refractivity contribution in [1.29, 1.82) is 0 Å². The molecule has 6 nitrogen and oxygen atoms in total. The molecule has 1 aromatic heterocycles. The minimum absolute atomic E-state index is 0. The van der Waals surface area contributed by atoms with Crippen molar-refractivity contribution >= 4 is 35.8 Å². The Labute approximate surface area is 168 Å². The summed E-state index contributed by atoms with van der Waals surface area (Å²) in [6.45, 7) is 8.67. The van der Waals surface area contributed by atoms with E-state index in [1.165, 1.54) is 0 Å². The van der Waals surface area contributed by atoms with E-state index >= 15 is 0 Å². The summed E-state index contributed by atoms with van der Waals surface area (Å²) < 4.78 is 0. The topological polar surface area (TPSA) is 60.8 Å². The predicted octanol–water partition coefficient (Wildman–Crippen LogP) is 2.15. The van der Waals surface area contributed by atoms with Crippen LogP contribution in [0.1, 0.15) is 32.4 Å². The van der Waals surface area contributed by atoms with E-state index in [9.17, 15) is 4.79 Å². The number of aromatic nitrogens is 1. The zero-order valence-electron chi connectivity index (χ0n) is 15.3. The monoisotopic (exact) mass is 459 g/mol. The number of hydrogen-bond acceptors (Lipinski definition) is 3. The molecule has 1 aliphatic rings. The predicted molar refractivity (Wildman–Crippen MR) is 112 cm³/mol. The molecule has 7 heteroatoms. The van der Waals surface area contributed by atoms with Gasteiger partial charge in [0.05, 0.1) is 0 Å². The van der Waals surface area contributed by atoms with Crippen molar-refractivity contribution in [2.75, 3.05) is 39.3 Å². The number of piperazine rings is 1. The lowest BCUT2D eigenvalue weighted by Gasteiger charge is -2.36. The van der Waals surface area contributed by atoms with Gasteiger partial charge in [-0.2, -0.15) is 0 Å². The lowest BCUT2D eigenvalue weighted by Crippen LogP contribution is -2.53. The van der Waals surface area contributed by atoms with Gasteiger partial charge in [-0.25, -0.2) is 0 Å². The van der Waals surface area contributed by atoms with Crippen LogP contribution in [0.2, 0.25) is 0 Å². The molecule has 0 aromatic carbocycles. The molecule has 1 aromatic rings. The minimum Gasteiger partial charge on any atom is -0.356 e. The van der Waals surface area contributed by atoms with Crippen molar-refractivity contribution in [2.45, 2.75) is 33.1 Å². The van der Waals surface area contributed by atoms with Gasteiger partial charge in [0.1, 0.15) is 0 Å². The second-order valence-corrected chi connectivity index (χ2v) is 6.05. The number of unbranched alkanes of at least 4 members (excludes halogenated alkanes) is 1. The Balaban J connectivity index is 0.00000312. The summed E-state index contributed by atoms with van der Waals surface area (Å²) >= 11 is 0. The number of rotatable bonds is 6. The molecule has 0 atom stereocenters. The van der Waals surface area contributed by atoms with E-state index in [0.717, 1.165) is 70.2 Å².